The highest BCUT2D eigenvalue weighted by molar-refractivity contribution is 4.94. The molecule has 1 saturated heterocycles. The number of aliphatic hydroxyl groups excluding tert-OH is 4. The normalized spacial score (nSPS) is 29.1. The summed E-state index contributed by atoms with van der Waals surface area (Å²) < 4.78 is 5.45. The number of ether oxygens (including phenoxy) is 1. The molecule has 17 heavy (non-hydrogen) atoms. The van der Waals surface area contributed by atoms with Gasteiger partial charge in [0, 0.05) is 10.8 Å². The van der Waals surface area contributed by atoms with Crippen LogP contribution in [0.5, 0.6) is 0 Å². The molecule has 2 unspecified atom stereocenters. The molecule has 1 rings (SSSR count). The fraction of sp³-hybridized carbons (Fsp3) is 1.00. The zero-order chi connectivity index (χ0) is 12.9. The zero-order valence-electron chi connectivity index (χ0n) is 10.4. The van der Waals surface area contributed by atoms with Gasteiger partial charge in [0.25, 0.3) is 0 Å². The van der Waals surface area contributed by atoms with Gasteiger partial charge in [-0.2, -0.15) is 0 Å². The molecule has 0 aromatic heterocycles. The van der Waals surface area contributed by atoms with Gasteiger partial charge >= 0.3 is 0 Å². The molecule has 1 aliphatic heterocycles. The molecule has 0 radical (unpaired) electrons. The third-order valence-electron chi connectivity index (χ3n) is 4.22. The summed E-state index contributed by atoms with van der Waals surface area (Å²) in [6.07, 6.45) is 1.93. The highest BCUT2D eigenvalue weighted by Crippen LogP contribution is 2.41. The van der Waals surface area contributed by atoms with E-state index in [9.17, 15) is 20.4 Å². The Labute approximate surface area is 102 Å². The van der Waals surface area contributed by atoms with Gasteiger partial charge in [-0.05, 0) is 19.3 Å². The first kappa shape index (κ1) is 14.9. The topological polar surface area (TPSA) is 90.2 Å². The Bertz CT molecular complexity index is 209. The molecule has 1 heterocycles. The molecule has 102 valence electrons. The molecule has 1 fully saturated rings. The zero-order valence-corrected chi connectivity index (χ0v) is 10.4. The predicted molar refractivity (Wildman–Crippen MR) is 62.5 cm³/mol. The first-order valence-corrected chi connectivity index (χ1v) is 6.17. The fourth-order valence-electron chi connectivity index (χ4n) is 2.24. The lowest BCUT2D eigenvalue weighted by molar-refractivity contribution is -0.212. The lowest BCUT2D eigenvalue weighted by atomic mass is 9.72. The summed E-state index contributed by atoms with van der Waals surface area (Å²) in [6.45, 7) is 1.94. The second-order valence-electron chi connectivity index (χ2n) is 5.19. The highest BCUT2D eigenvalue weighted by atomic mass is 16.5. The molecule has 0 bridgehead atoms. The minimum absolute atomic E-state index is 0.0403. The van der Waals surface area contributed by atoms with Gasteiger partial charge < -0.3 is 25.2 Å². The van der Waals surface area contributed by atoms with Crippen molar-refractivity contribution in [2.24, 2.45) is 10.8 Å². The van der Waals surface area contributed by atoms with Crippen LogP contribution in [-0.4, -0.2) is 59.6 Å². The van der Waals surface area contributed by atoms with Crippen LogP contribution in [0.15, 0.2) is 0 Å². The summed E-state index contributed by atoms with van der Waals surface area (Å²) in [5.74, 6) is 0. The second kappa shape index (κ2) is 6.11. The Kier molecular flexibility index (Phi) is 5.34. The van der Waals surface area contributed by atoms with Gasteiger partial charge in [-0.15, -0.1) is 0 Å². The minimum Gasteiger partial charge on any atom is -0.396 e. The molecule has 0 saturated carbocycles. The second-order valence-corrected chi connectivity index (χ2v) is 5.19. The minimum atomic E-state index is -0.839. The number of rotatable bonds is 8. The summed E-state index contributed by atoms with van der Waals surface area (Å²) in [5.41, 5.74) is -1.01. The van der Waals surface area contributed by atoms with Gasteiger partial charge in [-0.3, -0.25) is 0 Å². The van der Waals surface area contributed by atoms with E-state index in [1.807, 2.05) is 6.92 Å². The van der Waals surface area contributed by atoms with Crippen LogP contribution in [0.1, 0.15) is 26.2 Å². The summed E-state index contributed by atoms with van der Waals surface area (Å²) in [7, 11) is 0. The average molecular weight is 248 g/mol. The summed E-state index contributed by atoms with van der Waals surface area (Å²) in [5, 5.41) is 37.0. The van der Waals surface area contributed by atoms with Crippen molar-refractivity contribution < 1.29 is 25.2 Å². The Hall–Kier alpha value is -0.200. The van der Waals surface area contributed by atoms with Crippen LogP contribution >= 0.6 is 0 Å². The maximum atomic E-state index is 9.38. The monoisotopic (exact) mass is 248 g/mol. The Morgan fingerprint density at radius 2 is 1.76 bits per heavy atom. The van der Waals surface area contributed by atoms with Crippen LogP contribution in [0.3, 0.4) is 0 Å². The molecule has 4 N–H and O–H groups in total. The van der Waals surface area contributed by atoms with Gasteiger partial charge in [0.2, 0.25) is 0 Å². The van der Waals surface area contributed by atoms with E-state index in [0.717, 1.165) is 6.42 Å². The molecular formula is C12H24O5. The number of hydrogen-bond acceptors (Lipinski definition) is 5. The third-order valence-corrected chi connectivity index (χ3v) is 4.22. The van der Waals surface area contributed by atoms with Gasteiger partial charge in [0.15, 0.2) is 0 Å². The highest BCUT2D eigenvalue weighted by Gasteiger charge is 2.47. The predicted octanol–water partition coefficient (Wildman–Crippen LogP) is -0.483. The average Bonchev–Trinajstić information content (AvgIpc) is 2.36. The Balaban J connectivity index is 2.50. The maximum absolute atomic E-state index is 9.38. The standard InChI is InChI=1S/C12H24O5/c1-2-12(8-16)9-17-10(12)3-4-11(5-13,6-14)7-15/h10,13-16H,2-9H2,1H3. The Morgan fingerprint density at radius 3 is 2.06 bits per heavy atom. The third kappa shape index (κ3) is 2.80. The van der Waals surface area contributed by atoms with Crippen LogP contribution in [0.25, 0.3) is 0 Å². The van der Waals surface area contributed by atoms with E-state index in [4.69, 9.17) is 4.74 Å². The van der Waals surface area contributed by atoms with Gasteiger partial charge in [-0.25, -0.2) is 0 Å². The van der Waals surface area contributed by atoms with E-state index in [2.05, 4.69) is 0 Å². The van der Waals surface area contributed by atoms with E-state index in [0.29, 0.717) is 19.4 Å². The molecule has 0 aliphatic carbocycles. The van der Waals surface area contributed by atoms with Gasteiger partial charge in [0.1, 0.15) is 0 Å². The lowest BCUT2D eigenvalue weighted by Crippen LogP contribution is -2.54. The molecule has 0 aromatic carbocycles. The van der Waals surface area contributed by atoms with Gasteiger partial charge in [0.05, 0.1) is 39.1 Å². The van der Waals surface area contributed by atoms with Crippen molar-refractivity contribution in [1.29, 1.82) is 0 Å². The van der Waals surface area contributed by atoms with Crippen molar-refractivity contribution in [2.75, 3.05) is 33.0 Å². The molecule has 0 aromatic rings. The van der Waals surface area contributed by atoms with Crippen LogP contribution in [0.4, 0.5) is 0 Å². The SMILES string of the molecule is CCC1(CO)COC1CCC(CO)(CO)CO. The van der Waals surface area contributed by atoms with Crippen LogP contribution in [0.2, 0.25) is 0 Å². The van der Waals surface area contributed by atoms with Crippen molar-refractivity contribution in [3.8, 4) is 0 Å². The summed E-state index contributed by atoms with van der Waals surface area (Å²) in [4.78, 5) is 0. The summed E-state index contributed by atoms with van der Waals surface area (Å²) >= 11 is 0. The molecule has 2 atom stereocenters. The first-order chi connectivity index (χ1) is 8.12. The summed E-state index contributed by atoms with van der Waals surface area (Å²) in [6, 6.07) is 0. The van der Waals surface area contributed by atoms with Crippen molar-refractivity contribution in [3.05, 3.63) is 0 Å². The van der Waals surface area contributed by atoms with Crippen LogP contribution < -0.4 is 0 Å². The molecule has 1 aliphatic rings. The molecule has 5 heteroatoms. The van der Waals surface area contributed by atoms with E-state index >= 15 is 0 Å². The van der Waals surface area contributed by atoms with Crippen LogP contribution in [0, 0.1) is 10.8 Å². The van der Waals surface area contributed by atoms with Crippen molar-refractivity contribution in [2.45, 2.75) is 32.3 Å². The lowest BCUT2D eigenvalue weighted by Gasteiger charge is -2.48. The van der Waals surface area contributed by atoms with Crippen molar-refractivity contribution in [3.63, 3.8) is 0 Å². The maximum Gasteiger partial charge on any atom is 0.0675 e. The fourth-order valence-corrected chi connectivity index (χ4v) is 2.24. The Morgan fingerprint density at radius 1 is 1.18 bits per heavy atom. The van der Waals surface area contributed by atoms with E-state index < -0.39 is 5.41 Å². The number of aliphatic hydroxyl groups is 4. The first-order valence-electron chi connectivity index (χ1n) is 6.17. The van der Waals surface area contributed by atoms with E-state index in [1.165, 1.54) is 0 Å². The molecule has 0 spiro atoms. The molecule has 5 nitrogen and oxygen atoms in total. The van der Waals surface area contributed by atoms with Crippen molar-refractivity contribution in [1.82, 2.24) is 0 Å². The quantitative estimate of drug-likeness (QED) is 0.466. The smallest absolute Gasteiger partial charge is 0.0675 e. The van der Waals surface area contributed by atoms with Crippen molar-refractivity contribution >= 4 is 0 Å². The van der Waals surface area contributed by atoms with E-state index in [1.54, 1.807) is 0 Å². The largest absolute Gasteiger partial charge is 0.396 e. The molecular weight excluding hydrogens is 224 g/mol. The van der Waals surface area contributed by atoms with E-state index in [-0.39, 0.29) is 37.9 Å². The number of hydrogen-bond donors (Lipinski definition) is 4. The van der Waals surface area contributed by atoms with Crippen LogP contribution in [-0.2, 0) is 4.74 Å². The molecule has 0 amide bonds. The van der Waals surface area contributed by atoms with Gasteiger partial charge in [-0.1, -0.05) is 6.92 Å².